The molecule has 0 saturated heterocycles. The highest BCUT2D eigenvalue weighted by atomic mass is 16.5. The highest BCUT2D eigenvalue weighted by Crippen LogP contribution is 2.18. The van der Waals surface area contributed by atoms with Crippen LogP contribution in [0.2, 0.25) is 0 Å². The van der Waals surface area contributed by atoms with Gasteiger partial charge in [-0.3, -0.25) is 0 Å². The van der Waals surface area contributed by atoms with Crippen molar-refractivity contribution in [3.63, 3.8) is 0 Å². The number of allylic oxidation sites excluding steroid dienone is 2. The molecule has 0 aliphatic heterocycles. The van der Waals surface area contributed by atoms with Gasteiger partial charge in [-0.25, -0.2) is 9.59 Å². The minimum absolute atomic E-state index is 0.608. The molecular formula is C10H10O6. The van der Waals surface area contributed by atoms with Crippen molar-refractivity contribution in [1.29, 1.82) is 0 Å². The molecule has 86 valence electrons. The molecule has 0 unspecified atom stereocenters. The summed E-state index contributed by atoms with van der Waals surface area (Å²) in [5, 5.41) is 27.0. The fraction of sp³-hybridized carbons (Fsp3) is 0.200. The zero-order chi connectivity index (χ0) is 13.2. The maximum absolute atomic E-state index is 10.8. The lowest BCUT2D eigenvalue weighted by molar-refractivity contribution is -0.138. The summed E-state index contributed by atoms with van der Waals surface area (Å²) in [7, 11) is 0. The number of hydrogen-bond donors (Lipinski definition) is 3. The molecule has 0 aromatic heterocycles. The van der Waals surface area contributed by atoms with Crippen LogP contribution in [0.3, 0.4) is 0 Å². The summed E-state index contributed by atoms with van der Waals surface area (Å²) in [5.74, 6) is -3.63. The lowest BCUT2D eigenvalue weighted by Gasteiger charge is -2.23. The summed E-state index contributed by atoms with van der Waals surface area (Å²) in [6.07, 6.45) is -0.542. The van der Waals surface area contributed by atoms with Gasteiger partial charge in [0, 0.05) is 0 Å². The molecule has 16 heavy (non-hydrogen) atoms. The van der Waals surface area contributed by atoms with E-state index in [0.29, 0.717) is 0 Å². The normalized spacial score (nSPS) is 28.9. The summed E-state index contributed by atoms with van der Waals surface area (Å²) in [4.78, 5) is 21.2. The van der Waals surface area contributed by atoms with Gasteiger partial charge in [0.05, 0.1) is 6.94 Å². The average molecular weight is 227 g/mol. The Morgan fingerprint density at radius 3 is 2.62 bits per heavy atom. The van der Waals surface area contributed by atoms with E-state index in [0.717, 1.165) is 6.08 Å². The Kier molecular flexibility index (Phi) is 3.02. The van der Waals surface area contributed by atoms with Gasteiger partial charge < -0.3 is 20.1 Å². The lowest BCUT2D eigenvalue weighted by Crippen LogP contribution is -2.34. The van der Waals surface area contributed by atoms with Gasteiger partial charge in [0.15, 0.2) is 5.76 Å². The van der Waals surface area contributed by atoms with E-state index in [1.54, 1.807) is 0 Å². The van der Waals surface area contributed by atoms with Gasteiger partial charge in [-0.15, -0.1) is 0 Å². The first kappa shape index (κ1) is 10.4. The van der Waals surface area contributed by atoms with Gasteiger partial charge in [0.1, 0.15) is 12.2 Å². The first-order chi connectivity index (χ1) is 7.76. The van der Waals surface area contributed by atoms with Crippen LogP contribution >= 0.6 is 0 Å². The van der Waals surface area contributed by atoms with Crippen LogP contribution in [0.4, 0.5) is 0 Å². The fourth-order valence-corrected chi connectivity index (χ4v) is 1.06. The van der Waals surface area contributed by atoms with E-state index >= 15 is 0 Å². The smallest absolute Gasteiger partial charge is 0.370 e. The molecule has 1 aliphatic carbocycles. The van der Waals surface area contributed by atoms with Crippen molar-refractivity contribution in [1.82, 2.24) is 0 Å². The minimum atomic E-state index is -2.57. The Morgan fingerprint density at radius 1 is 1.50 bits per heavy atom. The number of rotatable bonds is 4. The molecule has 0 fully saturated rings. The third kappa shape index (κ3) is 2.48. The SMILES string of the molecule is [2H][C@]1(O)C(C(=O)O)=CC=C[C@@H]1OC(=C)C(=O)O. The van der Waals surface area contributed by atoms with Gasteiger partial charge in [-0.05, 0) is 18.7 Å². The quantitative estimate of drug-likeness (QED) is 0.458. The van der Waals surface area contributed by atoms with Crippen LogP contribution in [0.15, 0.2) is 36.1 Å². The highest BCUT2D eigenvalue weighted by Gasteiger charge is 2.29. The largest absolute Gasteiger partial charge is 0.478 e. The second kappa shape index (κ2) is 4.63. The van der Waals surface area contributed by atoms with E-state index in [2.05, 4.69) is 6.58 Å². The molecule has 1 aliphatic rings. The first-order valence-corrected chi connectivity index (χ1v) is 4.20. The monoisotopic (exact) mass is 227 g/mol. The van der Waals surface area contributed by atoms with Crippen molar-refractivity contribution in [2.45, 2.75) is 12.2 Å². The molecule has 0 radical (unpaired) electrons. The summed E-state index contributed by atoms with van der Waals surface area (Å²) in [5.41, 5.74) is -0.608. The van der Waals surface area contributed by atoms with E-state index in [1.807, 2.05) is 0 Å². The van der Waals surface area contributed by atoms with E-state index in [-0.39, 0.29) is 0 Å². The molecule has 3 N–H and O–H groups in total. The molecular weight excluding hydrogens is 216 g/mol. The van der Waals surface area contributed by atoms with Crippen LogP contribution in [0.5, 0.6) is 0 Å². The number of carboxylic acid groups (broad SMARTS) is 2. The highest BCUT2D eigenvalue weighted by molar-refractivity contribution is 5.89. The van der Waals surface area contributed by atoms with Crippen LogP contribution < -0.4 is 0 Å². The Bertz CT molecular complexity index is 434. The number of aliphatic carboxylic acids is 2. The minimum Gasteiger partial charge on any atom is -0.478 e. The molecule has 6 nitrogen and oxygen atoms in total. The first-order valence-electron chi connectivity index (χ1n) is 4.70. The topological polar surface area (TPSA) is 104 Å². The average Bonchev–Trinajstić information content (AvgIpc) is 2.19. The Hall–Kier alpha value is -2.08. The molecule has 2 atom stereocenters. The Morgan fingerprint density at radius 2 is 2.12 bits per heavy atom. The molecule has 0 bridgehead atoms. The van der Waals surface area contributed by atoms with Gasteiger partial charge in [-0.1, -0.05) is 6.08 Å². The zero-order valence-corrected chi connectivity index (χ0v) is 8.08. The maximum atomic E-state index is 10.8. The van der Waals surface area contributed by atoms with Crippen molar-refractivity contribution in [2.24, 2.45) is 0 Å². The molecule has 0 amide bonds. The Balaban J connectivity index is 2.95. The third-order valence-electron chi connectivity index (χ3n) is 1.83. The van der Waals surface area contributed by atoms with Crippen LogP contribution in [-0.4, -0.2) is 39.4 Å². The van der Waals surface area contributed by atoms with Gasteiger partial charge in [0.2, 0.25) is 0 Å². The summed E-state index contributed by atoms with van der Waals surface area (Å²) >= 11 is 0. The maximum Gasteiger partial charge on any atom is 0.370 e. The molecule has 0 spiro atoms. The lowest BCUT2D eigenvalue weighted by atomic mass is 9.99. The van der Waals surface area contributed by atoms with E-state index in [1.165, 1.54) is 12.2 Å². The second-order valence-corrected chi connectivity index (χ2v) is 2.92. The second-order valence-electron chi connectivity index (χ2n) is 2.92. The summed E-state index contributed by atoms with van der Waals surface area (Å²) < 4.78 is 12.2. The van der Waals surface area contributed by atoms with Gasteiger partial charge in [0.25, 0.3) is 0 Å². The number of aliphatic hydroxyl groups is 1. The van der Waals surface area contributed by atoms with Crippen LogP contribution in [-0.2, 0) is 14.3 Å². The fourth-order valence-electron chi connectivity index (χ4n) is 1.06. The van der Waals surface area contributed by atoms with Crippen molar-refractivity contribution in [3.05, 3.63) is 36.1 Å². The third-order valence-corrected chi connectivity index (χ3v) is 1.83. The number of carboxylic acids is 2. The van der Waals surface area contributed by atoms with Crippen molar-refractivity contribution in [3.8, 4) is 0 Å². The molecule has 0 heterocycles. The van der Waals surface area contributed by atoms with Crippen molar-refractivity contribution in [2.75, 3.05) is 0 Å². The number of carbonyl (C=O) groups is 2. The van der Waals surface area contributed by atoms with E-state index < -0.39 is 35.5 Å². The van der Waals surface area contributed by atoms with Crippen molar-refractivity contribution < 1.29 is 31.0 Å². The molecule has 1 rings (SSSR count). The van der Waals surface area contributed by atoms with Crippen LogP contribution in [0, 0.1) is 0 Å². The van der Waals surface area contributed by atoms with E-state index in [4.69, 9.17) is 16.3 Å². The predicted molar refractivity (Wildman–Crippen MR) is 52.5 cm³/mol. The number of ether oxygens (including phenoxy) is 1. The van der Waals surface area contributed by atoms with Crippen molar-refractivity contribution >= 4 is 11.9 Å². The zero-order valence-electron chi connectivity index (χ0n) is 9.08. The Labute approximate surface area is 92.2 Å². The van der Waals surface area contributed by atoms with Crippen LogP contribution in [0.25, 0.3) is 0 Å². The molecule has 0 aromatic rings. The molecule has 0 saturated carbocycles. The molecule has 0 aromatic carbocycles. The van der Waals surface area contributed by atoms with Gasteiger partial charge in [-0.2, -0.15) is 0 Å². The number of hydrogen-bond acceptors (Lipinski definition) is 4. The predicted octanol–water partition coefficient (Wildman–Crippen LogP) is -0.0884. The molecule has 6 heteroatoms. The summed E-state index contributed by atoms with van der Waals surface area (Å²) in [6, 6.07) is 0. The summed E-state index contributed by atoms with van der Waals surface area (Å²) in [6.45, 7) is 3.07. The van der Waals surface area contributed by atoms with Gasteiger partial charge >= 0.3 is 11.9 Å². The van der Waals surface area contributed by atoms with E-state index in [9.17, 15) is 14.7 Å². The van der Waals surface area contributed by atoms with Crippen LogP contribution in [0.1, 0.15) is 1.37 Å². The standard InChI is InChI=1S/C10H10O6/c1-5(9(12)13)16-7-4-2-3-6(8(7)11)10(14)15/h2-4,7-8,11H,1H2,(H,12,13)(H,14,15)/t7-,8-/m0/s1/i8D.